The molecule has 0 bridgehead atoms. The predicted octanol–water partition coefficient (Wildman–Crippen LogP) is 2.92. The van der Waals surface area contributed by atoms with Gasteiger partial charge in [-0.15, -0.1) is 0 Å². The monoisotopic (exact) mass is 188 g/mol. The maximum absolute atomic E-state index is 2.26. The second kappa shape index (κ2) is 8.10. The molecule has 0 aromatic heterocycles. The average molecular weight is 188 g/mol. The van der Waals surface area contributed by atoms with Crippen LogP contribution in [0.5, 0.6) is 0 Å². The third-order valence-electron chi connectivity index (χ3n) is 1.31. The molecule has 0 saturated carbocycles. The molecular weight excluding hydrogens is 173 g/mol. The molecule has 0 aliphatic carbocycles. The molecule has 46 valence electrons. The molecule has 0 spiro atoms. The van der Waals surface area contributed by atoms with Gasteiger partial charge in [0.1, 0.15) is 0 Å². The third-order valence-corrected chi connectivity index (χ3v) is 2.31. The van der Waals surface area contributed by atoms with Crippen molar-refractivity contribution in [2.45, 2.75) is 42.3 Å². The third kappa shape index (κ3) is 7.10. The van der Waals surface area contributed by atoms with E-state index in [0.717, 1.165) is 0 Å². The number of unbranched alkanes of at least 4 members (excludes halogenated alkanes) is 4. The van der Waals surface area contributed by atoms with E-state index in [9.17, 15) is 0 Å². The molecule has 0 radical (unpaired) electrons. The molecule has 0 N–H and O–H groups in total. The van der Waals surface area contributed by atoms with E-state index in [-0.39, 0.29) is 0 Å². The molecule has 0 saturated heterocycles. The van der Waals surface area contributed by atoms with E-state index in [2.05, 4.69) is 6.92 Å². The molecule has 0 amide bonds. The first-order valence-corrected chi connectivity index (χ1v) is 5.62. The first-order chi connectivity index (χ1) is 3.91. The van der Waals surface area contributed by atoms with Crippen molar-refractivity contribution in [1.82, 2.24) is 0 Å². The van der Waals surface area contributed by atoms with Crippen LogP contribution in [0.25, 0.3) is 0 Å². The fourth-order valence-electron chi connectivity index (χ4n) is 0.748. The Hall–Kier alpha value is 1.10. The van der Waals surface area contributed by atoms with E-state index in [0.29, 0.717) is 0 Å². The van der Waals surface area contributed by atoms with Crippen molar-refractivity contribution in [2.24, 2.45) is 0 Å². The van der Waals surface area contributed by atoms with Crippen LogP contribution in [0.15, 0.2) is 0 Å². The second-order valence-electron chi connectivity index (χ2n) is 2.20. The van der Waals surface area contributed by atoms with Gasteiger partial charge in [0.05, 0.1) is 0 Å². The Balaban J connectivity index is 2.53. The summed E-state index contributed by atoms with van der Waals surface area (Å²) < 4.78 is 1.49. The summed E-state index contributed by atoms with van der Waals surface area (Å²) >= 11 is 1.46. The molecule has 0 aromatic carbocycles. The number of hydrogen-bond acceptors (Lipinski definition) is 0. The number of rotatable bonds is 5. The SMILES string of the molecule is CCCCCC[CH2][Y]. The van der Waals surface area contributed by atoms with Gasteiger partial charge in [0.2, 0.25) is 0 Å². The Morgan fingerprint density at radius 3 is 2.12 bits per heavy atom. The van der Waals surface area contributed by atoms with Gasteiger partial charge in [0.15, 0.2) is 0 Å². The normalized spacial score (nSPS) is 9.50. The molecule has 0 rings (SSSR count). The van der Waals surface area contributed by atoms with Gasteiger partial charge in [-0.05, 0) is 0 Å². The molecule has 0 aromatic rings. The molecule has 0 aliphatic rings. The van der Waals surface area contributed by atoms with Gasteiger partial charge in [-0.25, -0.2) is 0 Å². The van der Waals surface area contributed by atoms with Crippen molar-refractivity contribution >= 4 is 0 Å². The van der Waals surface area contributed by atoms with Crippen LogP contribution in [-0.2, 0) is 31.0 Å². The molecular formula is C7H15Y. The summed E-state index contributed by atoms with van der Waals surface area (Å²) in [5.74, 6) is 0. The standard InChI is InChI=1S/C7H15.Y/c1-3-5-7-6-4-2;/h1,3-7H2,2H3;. The quantitative estimate of drug-likeness (QED) is 0.582. The van der Waals surface area contributed by atoms with Crippen LogP contribution in [0.3, 0.4) is 0 Å². The van der Waals surface area contributed by atoms with Crippen LogP contribution in [0, 0.1) is 0 Å². The van der Waals surface area contributed by atoms with Crippen molar-refractivity contribution in [3.63, 3.8) is 0 Å². The summed E-state index contributed by atoms with van der Waals surface area (Å²) in [6.07, 6.45) is 7.26. The van der Waals surface area contributed by atoms with Crippen molar-refractivity contribution in [3.05, 3.63) is 0 Å². The van der Waals surface area contributed by atoms with Crippen molar-refractivity contribution < 1.29 is 31.0 Å². The number of hydrogen-bond donors (Lipinski definition) is 0. The minimum atomic E-state index is 1.38. The Labute approximate surface area is 72.9 Å². The Morgan fingerprint density at radius 1 is 1.00 bits per heavy atom. The van der Waals surface area contributed by atoms with Gasteiger partial charge in [-0.3, -0.25) is 0 Å². The molecule has 0 aliphatic heterocycles. The first-order valence-electron chi connectivity index (χ1n) is 3.62. The summed E-state index contributed by atoms with van der Waals surface area (Å²) in [6.45, 7) is 2.26. The maximum atomic E-state index is 2.26. The summed E-state index contributed by atoms with van der Waals surface area (Å²) in [5, 5.41) is 0. The van der Waals surface area contributed by atoms with E-state index < -0.39 is 0 Å². The molecule has 0 unspecified atom stereocenters. The van der Waals surface area contributed by atoms with Gasteiger partial charge < -0.3 is 0 Å². The van der Waals surface area contributed by atoms with Crippen LogP contribution < -0.4 is 0 Å². The van der Waals surface area contributed by atoms with Crippen LogP contribution in [0.2, 0.25) is 3.23 Å². The summed E-state index contributed by atoms with van der Waals surface area (Å²) in [7, 11) is 0. The predicted molar refractivity (Wildman–Crippen MR) is 33.6 cm³/mol. The molecule has 0 fully saturated rings. The van der Waals surface area contributed by atoms with E-state index in [1.807, 2.05) is 0 Å². The van der Waals surface area contributed by atoms with E-state index >= 15 is 0 Å². The van der Waals surface area contributed by atoms with E-state index in [4.69, 9.17) is 0 Å². The van der Waals surface area contributed by atoms with Crippen molar-refractivity contribution in [3.8, 4) is 0 Å². The van der Waals surface area contributed by atoms with Gasteiger partial charge in [-0.2, -0.15) is 0 Å². The fourth-order valence-corrected chi connectivity index (χ4v) is 1.46. The molecule has 1 heteroatoms. The zero-order valence-electron chi connectivity index (χ0n) is 5.82. The average Bonchev–Trinajstić information content (AvgIpc) is 1.81. The Bertz CT molecular complexity index is 29.4. The fraction of sp³-hybridized carbons (Fsp3) is 1.00. The molecule has 0 nitrogen and oxygen atoms in total. The molecule has 8 heavy (non-hydrogen) atoms. The van der Waals surface area contributed by atoms with Gasteiger partial charge in [-0.1, -0.05) is 0 Å². The van der Waals surface area contributed by atoms with E-state index in [1.165, 1.54) is 66.3 Å². The molecule has 0 heterocycles. The molecule has 0 atom stereocenters. The van der Waals surface area contributed by atoms with Crippen molar-refractivity contribution in [1.29, 1.82) is 0 Å². The van der Waals surface area contributed by atoms with E-state index in [1.54, 1.807) is 0 Å². The Morgan fingerprint density at radius 2 is 1.62 bits per heavy atom. The summed E-state index contributed by atoms with van der Waals surface area (Å²) in [4.78, 5) is 0. The van der Waals surface area contributed by atoms with Gasteiger partial charge in [0, 0.05) is 0 Å². The summed E-state index contributed by atoms with van der Waals surface area (Å²) in [5.41, 5.74) is 0. The zero-order valence-corrected chi connectivity index (χ0v) is 8.66. The minimum absolute atomic E-state index is 1.38. The topological polar surface area (TPSA) is 0 Å². The second-order valence-corrected chi connectivity index (χ2v) is 3.62. The van der Waals surface area contributed by atoms with Crippen LogP contribution in [-0.4, -0.2) is 0 Å². The first kappa shape index (κ1) is 9.10. The van der Waals surface area contributed by atoms with Crippen LogP contribution in [0.1, 0.15) is 39.0 Å². The van der Waals surface area contributed by atoms with Gasteiger partial charge in [0.25, 0.3) is 0 Å². The van der Waals surface area contributed by atoms with Gasteiger partial charge >= 0.3 is 73.2 Å². The van der Waals surface area contributed by atoms with Crippen LogP contribution >= 0.6 is 0 Å². The van der Waals surface area contributed by atoms with Crippen LogP contribution in [0.4, 0.5) is 0 Å². The summed E-state index contributed by atoms with van der Waals surface area (Å²) in [6, 6.07) is 0. The van der Waals surface area contributed by atoms with Crippen molar-refractivity contribution in [2.75, 3.05) is 0 Å². The zero-order chi connectivity index (χ0) is 6.24. The Kier molecular flexibility index (Phi) is 9.22.